The van der Waals surface area contributed by atoms with Gasteiger partial charge in [0.15, 0.2) is 15.2 Å². The number of aromatic nitrogens is 1. The number of hydrogen-bond donors (Lipinski definition) is 1. The van der Waals surface area contributed by atoms with Crippen molar-refractivity contribution in [1.29, 1.82) is 0 Å². The maximum absolute atomic E-state index is 11.4. The van der Waals surface area contributed by atoms with E-state index in [1.165, 1.54) is 37.7 Å². The summed E-state index contributed by atoms with van der Waals surface area (Å²) in [5.74, 6) is -0.427. The van der Waals surface area contributed by atoms with Crippen LogP contribution in [0, 0.1) is 0 Å². The first-order valence-corrected chi connectivity index (χ1v) is 6.91. The van der Waals surface area contributed by atoms with Gasteiger partial charge in [-0.15, -0.1) is 0 Å². The van der Waals surface area contributed by atoms with Crippen molar-refractivity contribution in [2.45, 2.75) is 38.1 Å². The number of nitrogens with one attached hydrogen (secondary N) is 1. The number of carbonyl (C=O) groups excluding carboxylic acids is 1. The number of halogens is 1. The highest BCUT2D eigenvalue weighted by atomic mass is 35.5. The second-order valence-electron chi connectivity index (χ2n) is 4.11. The van der Waals surface area contributed by atoms with Crippen LogP contribution in [-0.4, -0.2) is 24.1 Å². The van der Waals surface area contributed by atoms with Crippen LogP contribution in [0.2, 0.25) is 5.15 Å². The summed E-state index contributed by atoms with van der Waals surface area (Å²) in [6.07, 6.45) is 6.13. The molecule has 0 unspecified atom stereocenters. The molecular weight excluding hydrogens is 260 g/mol. The average molecular weight is 275 g/mol. The second-order valence-corrected chi connectivity index (χ2v) is 5.47. The fraction of sp³-hybridized carbons (Fsp3) is 0.636. The molecule has 1 aromatic rings. The van der Waals surface area contributed by atoms with E-state index < -0.39 is 5.97 Å². The average Bonchev–Trinajstić information content (AvgIpc) is 2.70. The van der Waals surface area contributed by atoms with Crippen LogP contribution in [0.15, 0.2) is 0 Å². The van der Waals surface area contributed by atoms with Crippen LogP contribution in [0.3, 0.4) is 0 Å². The van der Waals surface area contributed by atoms with Crippen molar-refractivity contribution in [3.8, 4) is 0 Å². The van der Waals surface area contributed by atoms with E-state index in [2.05, 4.69) is 15.0 Å². The zero-order valence-corrected chi connectivity index (χ0v) is 11.2. The normalized spacial score (nSPS) is 16.8. The van der Waals surface area contributed by atoms with E-state index in [0.29, 0.717) is 16.1 Å². The lowest BCUT2D eigenvalue weighted by molar-refractivity contribution is 0.0606. The van der Waals surface area contributed by atoms with Gasteiger partial charge in [-0.1, -0.05) is 42.2 Å². The molecule has 1 saturated carbocycles. The number of esters is 1. The van der Waals surface area contributed by atoms with Gasteiger partial charge in [-0.2, -0.15) is 0 Å². The molecule has 1 fully saturated rings. The lowest BCUT2D eigenvalue weighted by Gasteiger charge is -2.22. The minimum Gasteiger partial charge on any atom is -0.465 e. The molecule has 1 aromatic heterocycles. The molecule has 0 saturated heterocycles. The Kier molecular flexibility index (Phi) is 4.23. The van der Waals surface area contributed by atoms with Crippen LogP contribution in [-0.2, 0) is 4.74 Å². The van der Waals surface area contributed by atoms with E-state index in [4.69, 9.17) is 11.6 Å². The number of nitrogens with zero attached hydrogens (tertiary/aromatic N) is 1. The van der Waals surface area contributed by atoms with Crippen molar-refractivity contribution in [2.24, 2.45) is 0 Å². The number of ether oxygens (including phenoxy) is 1. The lowest BCUT2D eigenvalue weighted by atomic mass is 9.96. The molecule has 0 spiro atoms. The predicted molar refractivity (Wildman–Crippen MR) is 69.0 cm³/mol. The van der Waals surface area contributed by atoms with E-state index in [1.807, 2.05) is 0 Å². The van der Waals surface area contributed by atoms with E-state index >= 15 is 0 Å². The van der Waals surface area contributed by atoms with Crippen LogP contribution in [0.5, 0.6) is 0 Å². The molecule has 6 heteroatoms. The van der Waals surface area contributed by atoms with Gasteiger partial charge in [0.05, 0.1) is 7.11 Å². The van der Waals surface area contributed by atoms with Crippen LogP contribution in [0.1, 0.15) is 41.8 Å². The highest BCUT2D eigenvalue weighted by Gasteiger charge is 2.20. The zero-order valence-electron chi connectivity index (χ0n) is 9.66. The monoisotopic (exact) mass is 274 g/mol. The fourth-order valence-corrected chi connectivity index (χ4v) is 3.18. The minimum atomic E-state index is -0.427. The van der Waals surface area contributed by atoms with Gasteiger partial charge in [-0.3, -0.25) is 0 Å². The van der Waals surface area contributed by atoms with Crippen LogP contribution >= 0.6 is 22.9 Å². The van der Waals surface area contributed by atoms with Crippen LogP contribution in [0.25, 0.3) is 0 Å². The summed E-state index contributed by atoms with van der Waals surface area (Å²) in [6, 6.07) is 0.455. The third kappa shape index (κ3) is 3.10. The Labute approximate surface area is 109 Å². The summed E-state index contributed by atoms with van der Waals surface area (Å²) in [5, 5.41) is 4.27. The highest BCUT2D eigenvalue weighted by molar-refractivity contribution is 7.18. The number of anilines is 1. The SMILES string of the molecule is COC(=O)c1sc(NC2CCCCC2)nc1Cl. The second kappa shape index (κ2) is 5.69. The molecule has 0 aromatic carbocycles. The summed E-state index contributed by atoms with van der Waals surface area (Å²) in [7, 11) is 1.34. The van der Waals surface area contributed by atoms with E-state index in [9.17, 15) is 4.79 Å². The van der Waals surface area contributed by atoms with E-state index in [0.717, 1.165) is 12.8 Å². The maximum atomic E-state index is 11.4. The first kappa shape index (κ1) is 12.6. The van der Waals surface area contributed by atoms with Crippen molar-refractivity contribution >= 4 is 34.0 Å². The van der Waals surface area contributed by atoms with E-state index in [-0.39, 0.29) is 5.15 Å². The number of carbonyl (C=O) groups is 1. The van der Waals surface area contributed by atoms with Crippen LogP contribution < -0.4 is 5.32 Å². The summed E-state index contributed by atoms with van der Waals surface area (Å²) in [6.45, 7) is 0. The first-order valence-electron chi connectivity index (χ1n) is 5.72. The Bertz CT molecular complexity index is 402. The third-order valence-corrected chi connectivity index (χ3v) is 4.24. The molecule has 1 N–H and O–H groups in total. The van der Waals surface area contributed by atoms with Gasteiger partial charge in [-0.25, -0.2) is 9.78 Å². The standard InChI is InChI=1S/C11H15ClN2O2S/c1-16-10(15)8-9(12)14-11(17-8)13-7-5-3-2-4-6-7/h7H,2-6H2,1H3,(H,13,14). The van der Waals surface area contributed by atoms with Gasteiger partial charge >= 0.3 is 5.97 Å². The molecule has 0 aliphatic heterocycles. The number of rotatable bonds is 3. The van der Waals surface area contributed by atoms with Gasteiger partial charge < -0.3 is 10.1 Å². The molecule has 0 bridgehead atoms. The van der Waals surface area contributed by atoms with E-state index in [1.54, 1.807) is 0 Å². The van der Waals surface area contributed by atoms with Crippen molar-refractivity contribution < 1.29 is 9.53 Å². The van der Waals surface area contributed by atoms with Gasteiger partial charge in [0.25, 0.3) is 0 Å². The molecule has 1 aliphatic carbocycles. The first-order chi connectivity index (χ1) is 8.20. The molecule has 1 heterocycles. The molecule has 94 valence electrons. The zero-order chi connectivity index (χ0) is 12.3. The molecule has 0 radical (unpaired) electrons. The van der Waals surface area contributed by atoms with Gasteiger partial charge in [0.1, 0.15) is 0 Å². The number of thiazole rings is 1. The maximum Gasteiger partial charge on any atom is 0.351 e. The third-order valence-electron chi connectivity index (χ3n) is 2.89. The molecule has 0 atom stereocenters. The Morgan fingerprint density at radius 1 is 1.47 bits per heavy atom. The van der Waals surface area contributed by atoms with Gasteiger partial charge in [0.2, 0.25) is 0 Å². The largest absolute Gasteiger partial charge is 0.465 e. The molecule has 2 rings (SSSR count). The van der Waals surface area contributed by atoms with Crippen LogP contribution in [0.4, 0.5) is 5.13 Å². The Hall–Kier alpha value is -0.810. The minimum absolute atomic E-state index is 0.222. The topological polar surface area (TPSA) is 51.2 Å². The molecule has 4 nitrogen and oxygen atoms in total. The highest BCUT2D eigenvalue weighted by Crippen LogP contribution is 2.30. The molecule has 17 heavy (non-hydrogen) atoms. The Morgan fingerprint density at radius 3 is 2.82 bits per heavy atom. The van der Waals surface area contributed by atoms with Crippen molar-refractivity contribution in [2.75, 3.05) is 12.4 Å². The number of methoxy groups -OCH3 is 1. The van der Waals surface area contributed by atoms with Gasteiger partial charge in [0, 0.05) is 6.04 Å². The summed E-state index contributed by atoms with van der Waals surface area (Å²) in [4.78, 5) is 15.9. The Balaban J connectivity index is 2.03. The van der Waals surface area contributed by atoms with Gasteiger partial charge in [-0.05, 0) is 12.8 Å². The summed E-state index contributed by atoms with van der Waals surface area (Å²) in [5.41, 5.74) is 0. The summed E-state index contributed by atoms with van der Waals surface area (Å²) < 4.78 is 4.64. The van der Waals surface area contributed by atoms with Crippen molar-refractivity contribution in [1.82, 2.24) is 4.98 Å². The summed E-state index contributed by atoms with van der Waals surface area (Å²) >= 11 is 7.15. The molecular formula is C11H15ClN2O2S. The van der Waals surface area contributed by atoms with Crippen molar-refractivity contribution in [3.05, 3.63) is 10.0 Å². The van der Waals surface area contributed by atoms with Crippen molar-refractivity contribution in [3.63, 3.8) is 0 Å². The predicted octanol–water partition coefficient (Wildman–Crippen LogP) is 3.33. The Morgan fingerprint density at radius 2 is 2.18 bits per heavy atom. The smallest absolute Gasteiger partial charge is 0.351 e. The number of hydrogen-bond acceptors (Lipinski definition) is 5. The lowest BCUT2D eigenvalue weighted by Crippen LogP contribution is -2.21. The fourth-order valence-electron chi connectivity index (χ4n) is 2.00. The molecule has 0 amide bonds. The quantitative estimate of drug-likeness (QED) is 0.859. The molecule has 1 aliphatic rings.